The van der Waals surface area contributed by atoms with Crippen molar-refractivity contribution in [2.45, 2.75) is 27.2 Å². The zero-order valence-corrected chi connectivity index (χ0v) is 10.5. The van der Waals surface area contributed by atoms with Crippen LogP contribution in [0.3, 0.4) is 0 Å². The lowest BCUT2D eigenvalue weighted by molar-refractivity contribution is 0.466. The van der Waals surface area contributed by atoms with Crippen LogP contribution >= 0.6 is 0 Å². The van der Waals surface area contributed by atoms with Crippen molar-refractivity contribution < 1.29 is 4.39 Å². The molecule has 1 rings (SSSR count). The Morgan fingerprint density at radius 3 is 2.44 bits per heavy atom. The van der Waals surface area contributed by atoms with Gasteiger partial charge >= 0.3 is 0 Å². The van der Waals surface area contributed by atoms with Gasteiger partial charge < -0.3 is 5.32 Å². The fourth-order valence-corrected chi connectivity index (χ4v) is 1.73. The monoisotopic (exact) mass is 223 g/mol. The second-order valence-corrected chi connectivity index (χ2v) is 4.95. The van der Waals surface area contributed by atoms with Gasteiger partial charge in [0.2, 0.25) is 0 Å². The van der Waals surface area contributed by atoms with Crippen molar-refractivity contribution in [2.75, 3.05) is 13.1 Å². The van der Waals surface area contributed by atoms with Crippen molar-refractivity contribution >= 4 is 0 Å². The molecule has 0 aromatic heterocycles. The van der Waals surface area contributed by atoms with Crippen LogP contribution in [0, 0.1) is 17.7 Å². The van der Waals surface area contributed by atoms with Gasteiger partial charge in [-0.2, -0.15) is 0 Å². The van der Waals surface area contributed by atoms with Crippen LogP contribution in [0.15, 0.2) is 24.3 Å². The fourth-order valence-electron chi connectivity index (χ4n) is 1.73. The first kappa shape index (κ1) is 13.2. The minimum atomic E-state index is -0.0850. The van der Waals surface area contributed by atoms with Crippen LogP contribution < -0.4 is 5.32 Å². The highest BCUT2D eigenvalue weighted by molar-refractivity contribution is 5.17. The van der Waals surface area contributed by atoms with Crippen molar-refractivity contribution in [3.05, 3.63) is 35.6 Å². The highest BCUT2D eigenvalue weighted by Gasteiger charge is 2.07. The Labute approximate surface area is 98.1 Å². The van der Waals surface area contributed by atoms with E-state index in [1.165, 1.54) is 6.07 Å². The smallest absolute Gasteiger partial charge is 0.126 e. The molecule has 16 heavy (non-hydrogen) atoms. The highest BCUT2D eigenvalue weighted by Crippen LogP contribution is 2.11. The average Bonchev–Trinajstić information content (AvgIpc) is 2.21. The molecule has 90 valence electrons. The third kappa shape index (κ3) is 4.75. The molecule has 0 aliphatic rings. The summed E-state index contributed by atoms with van der Waals surface area (Å²) in [7, 11) is 0. The van der Waals surface area contributed by atoms with Gasteiger partial charge in [0.05, 0.1) is 0 Å². The van der Waals surface area contributed by atoms with E-state index in [0.29, 0.717) is 11.8 Å². The first-order valence-corrected chi connectivity index (χ1v) is 6.03. The molecule has 1 nitrogen and oxygen atoms in total. The Kier molecular flexibility index (Phi) is 5.47. The summed E-state index contributed by atoms with van der Waals surface area (Å²) in [6.45, 7) is 8.51. The van der Waals surface area contributed by atoms with Gasteiger partial charge in [-0.3, -0.25) is 0 Å². The Hall–Kier alpha value is -0.890. The summed E-state index contributed by atoms with van der Waals surface area (Å²) in [5.74, 6) is 1.05. The number of halogens is 1. The summed E-state index contributed by atoms with van der Waals surface area (Å²) in [6.07, 6.45) is 0.803. The molecule has 0 heterocycles. The lowest BCUT2D eigenvalue weighted by atomic mass is 10.0. The minimum Gasteiger partial charge on any atom is -0.316 e. The standard InChI is InChI=1S/C14H22FN/c1-11(2)9-16-10-12(3)8-13-6-4-5-7-14(13)15/h4-7,11-12,16H,8-10H2,1-3H3. The Bertz CT molecular complexity index is 309. The molecule has 0 aliphatic carbocycles. The number of rotatable bonds is 6. The van der Waals surface area contributed by atoms with Crippen LogP contribution in [0.2, 0.25) is 0 Å². The Balaban J connectivity index is 2.34. The van der Waals surface area contributed by atoms with Crippen LogP contribution in [-0.4, -0.2) is 13.1 Å². The number of nitrogens with one attached hydrogen (secondary N) is 1. The van der Waals surface area contributed by atoms with Gasteiger partial charge in [-0.05, 0) is 43.0 Å². The van der Waals surface area contributed by atoms with Gasteiger partial charge in [-0.15, -0.1) is 0 Å². The zero-order chi connectivity index (χ0) is 12.0. The number of hydrogen-bond donors (Lipinski definition) is 1. The molecular weight excluding hydrogens is 201 g/mol. The molecule has 0 fully saturated rings. The fraction of sp³-hybridized carbons (Fsp3) is 0.571. The van der Waals surface area contributed by atoms with Crippen molar-refractivity contribution in [3.63, 3.8) is 0 Å². The minimum absolute atomic E-state index is 0.0850. The molecule has 1 N–H and O–H groups in total. The zero-order valence-electron chi connectivity index (χ0n) is 10.5. The molecule has 0 spiro atoms. The van der Waals surface area contributed by atoms with E-state index in [1.54, 1.807) is 6.07 Å². The van der Waals surface area contributed by atoms with Crippen molar-refractivity contribution in [2.24, 2.45) is 11.8 Å². The van der Waals surface area contributed by atoms with E-state index in [9.17, 15) is 4.39 Å². The number of benzene rings is 1. The summed E-state index contributed by atoms with van der Waals surface area (Å²) in [6, 6.07) is 7.03. The van der Waals surface area contributed by atoms with Crippen molar-refractivity contribution in [1.29, 1.82) is 0 Å². The summed E-state index contributed by atoms with van der Waals surface area (Å²) in [5, 5.41) is 3.40. The van der Waals surface area contributed by atoms with E-state index in [1.807, 2.05) is 12.1 Å². The van der Waals surface area contributed by atoms with Crippen LogP contribution in [-0.2, 0) is 6.42 Å². The Morgan fingerprint density at radius 2 is 1.81 bits per heavy atom. The van der Waals surface area contributed by atoms with Crippen LogP contribution in [0.4, 0.5) is 4.39 Å². The molecule has 1 aromatic carbocycles. The van der Waals surface area contributed by atoms with Gasteiger partial charge in [0.1, 0.15) is 5.82 Å². The van der Waals surface area contributed by atoms with Gasteiger partial charge in [-0.25, -0.2) is 4.39 Å². The molecule has 1 unspecified atom stereocenters. The lowest BCUT2D eigenvalue weighted by Crippen LogP contribution is -2.26. The molecule has 0 bridgehead atoms. The lowest BCUT2D eigenvalue weighted by Gasteiger charge is -2.14. The van der Waals surface area contributed by atoms with E-state index in [0.717, 1.165) is 25.1 Å². The highest BCUT2D eigenvalue weighted by atomic mass is 19.1. The van der Waals surface area contributed by atoms with Gasteiger partial charge in [0, 0.05) is 0 Å². The maximum Gasteiger partial charge on any atom is 0.126 e. The van der Waals surface area contributed by atoms with E-state index in [2.05, 4.69) is 26.1 Å². The molecule has 1 atom stereocenters. The predicted molar refractivity (Wildman–Crippen MR) is 67.0 cm³/mol. The molecule has 0 saturated heterocycles. The average molecular weight is 223 g/mol. The van der Waals surface area contributed by atoms with E-state index in [4.69, 9.17) is 0 Å². The van der Waals surface area contributed by atoms with Crippen LogP contribution in [0.5, 0.6) is 0 Å². The Morgan fingerprint density at radius 1 is 1.12 bits per heavy atom. The molecule has 0 saturated carbocycles. The summed E-state index contributed by atoms with van der Waals surface area (Å²) in [5.41, 5.74) is 0.821. The van der Waals surface area contributed by atoms with Crippen LogP contribution in [0.1, 0.15) is 26.3 Å². The molecule has 0 radical (unpaired) electrons. The first-order valence-electron chi connectivity index (χ1n) is 6.03. The van der Waals surface area contributed by atoms with Crippen LogP contribution in [0.25, 0.3) is 0 Å². The first-order chi connectivity index (χ1) is 7.59. The van der Waals surface area contributed by atoms with Gasteiger partial charge in [-0.1, -0.05) is 39.0 Å². The number of hydrogen-bond acceptors (Lipinski definition) is 1. The van der Waals surface area contributed by atoms with Crippen molar-refractivity contribution in [1.82, 2.24) is 5.32 Å². The molecule has 1 aromatic rings. The molecule has 2 heteroatoms. The maximum absolute atomic E-state index is 13.4. The SMILES string of the molecule is CC(C)CNCC(C)Cc1ccccc1F. The second-order valence-electron chi connectivity index (χ2n) is 4.95. The molecule has 0 aliphatic heterocycles. The third-order valence-corrected chi connectivity index (χ3v) is 2.57. The van der Waals surface area contributed by atoms with E-state index >= 15 is 0 Å². The summed E-state index contributed by atoms with van der Waals surface area (Å²) >= 11 is 0. The molecular formula is C14H22FN. The van der Waals surface area contributed by atoms with E-state index < -0.39 is 0 Å². The third-order valence-electron chi connectivity index (χ3n) is 2.57. The van der Waals surface area contributed by atoms with Gasteiger partial charge in [0.15, 0.2) is 0 Å². The quantitative estimate of drug-likeness (QED) is 0.780. The van der Waals surface area contributed by atoms with Gasteiger partial charge in [0.25, 0.3) is 0 Å². The van der Waals surface area contributed by atoms with E-state index in [-0.39, 0.29) is 5.82 Å². The summed E-state index contributed by atoms with van der Waals surface area (Å²) in [4.78, 5) is 0. The summed E-state index contributed by atoms with van der Waals surface area (Å²) < 4.78 is 13.4. The maximum atomic E-state index is 13.4. The molecule has 0 amide bonds. The predicted octanol–water partition coefficient (Wildman–Crippen LogP) is 3.25. The topological polar surface area (TPSA) is 12.0 Å². The normalized spacial score (nSPS) is 13.1. The van der Waals surface area contributed by atoms with Crippen molar-refractivity contribution in [3.8, 4) is 0 Å². The largest absolute Gasteiger partial charge is 0.316 e. The second kappa shape index (κ2) is 6.64.